The minimum atomic E-state index is -0.178. The second-order valence-electron chi connectivity index (χ2n) is 6.67. The molecule has 0 spiro atoms. The number of benzene rings is 1. The molecule has 3 heterocycles. The molecule has 2 fully saturated rings. The molecule has 1 aromatic heterocycles. The van der Waals surface area contributed by atoms with Gasteiger partial charge in [0.05, 0.1) is 25.2 Å². The second kappa shape index (κ2) is 8.57. The lowest BCUT2D eigenvalue weighted by Gasteiger charge is -2.17. The van der Waals surface area contributed by atoms with Crippen molar-refractivity contribution >= 4 is 17.4 Å². The fraction of sp³-hybridized carbons (Fsp3) is 0.381. The molecule has 0 radical (unpaired) electrons. The van der Waals surface area contributed by atoms with Crippen molar-refractivity contribution in [2.45, 2.75) is 24.7 Å². The van der Waals surface area contributed by atoms with Gasteiger partial charge in [-0.2, -0.15) is 0 Å². The minimum Gasteiger partial charge on any atom is -0.372 e. The Morgan fingerprint density at radius 1 is 1.11 bits per heavy atom. The van der Waals surface area contributed by atoms with Gasteiger partial charge in [0.15, 0.2) is 0 Å². The SMILES string of the molecule is O=C(NCCc1cccs1)N[C@H]1CO[C@H]2[C@@H]1OC[C@@H]2C#Cc1ccccc1. The molecule has 5 nitrogen and oxygen atoms in total. The minimum absolute atomic E-state index is 0.0314. The van der Waals surface area contributed by atoms with Crippen LogP contribution in [-0.2, 0) is 15.9 Å². The Balaban J connectivity index is 1.26. The Kier molecular flexibility index (Phi) is 5.73. The van der Waals surface area contributed by atoms with Gasteiger partial charge in [0, 0.05) is 17.0 Å². The van der Waals surface area contributed by atoms with Crippen molar-refractivity contribution < 1.29 is 14.3 Å². The van der Waals surface area contributed by atoms with Gasteiger partial charge in [-0.1, -0.05) is 36.1 Å². The average molecular weight is 382 g/mol. The number of thiophene rings is 1. The Hall–Kier alpha value is -2.33. The number of rotatable bonds is 4. The van der Waals surface area contributed by atoms with Crippen LogP contribution in [0.2, 0.25) is 0 Å². The Morgan fingerprint density at radius 3 is 2.78 bits per heavy atom. The first-order chi connectivity index (χ1) is 13.3. The van der Waals surface area contributed by atoms with Crippen LogP contribution in [0, 0.1) is 17.8 Å². The van der Waals surface area contributed by atoms with Crippen LogP contribution in [0.1, 0.15) is 10.4 Å². The van der Waals surface area contributed by atoms with Crippen LogP contribution in [0.15, 0.2) is 47.8 Å². The lowest BCUT2D eigenvalue weighted by atomic mass is 10.0. The third-order valence-electron chi connectivity index (χ3n) is 4.78. The van der Waals surface area contributed by atoms with Crippen LogP contribution in [0.3, 0.4) is 0 Å². The molecule has 0 unspecified atom stereocenters. The molecular formula is C21H22N2O3S. The van der Waals surface area contributed by atoms with Crippen molar-refractivity contribution in [3.8, 4) is 11.8 Å². The van der Waals surface area contributed by atoms with E-state index < -0.39 is 0 Å². The number of carbonyl (C=O) groups excluding carboxylic acids is 1. The number of urea groups is 1. The van der Waals surface area contributed by atoms with E-state index in [0.29, 0.717) is 19.8 Å². The number of hydrogen-bond donors (Lipinski definition) is 2. The normalized spacial score (nSPS) is 26.1. The smallest absolute Gasteiger partial charge is 0.315 e. The van der Waals surface area contributed by atoms with E-state index in [-0.39, 0.29) is 30.2 Å². The second-order valence-corrected chi connectivity index (χ2v) is 7.71. The van der Waals surface area contributed by atoms with Crippen LogP contribution >= 0.6 is 11.3 Å². The first kappa shape index (κ1) is 18.1. The molecule has 2 aliphatic heterocycles. The predicted octanol–water partition coefficient (Wildman–Crippen LogP) is 2.42. The first-order valence-corrected chi connectivity index (χ1v) is 10.0. The summed E-state index contributed by atoms with van der Waals surface area (Å²) in [5.41, 5.74) is 0.985. The van der Waals surface area contributed by atoms with Gasteiger partial charge >= 0.3 is 6.03 Å². The van der Waals surface area contributed by atoms with E-state index in [1.165, 1.54) is 4.88 Å². The maximum Gasteiger partial charge on any atom is 0.315 e. The first-order valence-electron chi connectivity index (χ1n) is 9.16. The number of hydrogen-bond acceptors (Lipinski definition) is 4. The van der Waals surface area contributed by atoms with E-state index in [9.17, 15) is 4.79 Å². The molecule has 2 amide bonds. The van der Waals surface area contributed by atoms with Crippen LogP contribution < -0.4 is 10.6 Å². The molecule has 4 atom stereocenters. The summed E-state index contributed by atoms with van der Waals surface area (Å²) in [6.45, 7) is 1.60. The summed E-state index contributed by atoms with van der Waals surface area (Å²) in [6.07, 6.45) is 0.618. The molecule has 1 aromatic carbocycles. The summed E-state index contributed by atoms with van der Waals surface area (Å²) in [5.74, 6) is 6.48. The maximum absolute atomic E-state index is 12.2. The molecule has 140 valence electrons. The van der Waals surface area contributed by atoms with Crippen molar-refractivity contribution in [3.63, 3.8) is 0 Å². The van der Waals surface area contributed by atoms with Gasteiger partial charge < -0.3 is 20.1 Å². The molecule has 2 aromatic rings. The summed E-state index contributed by atoms with van der Waals surface area (Å²) >= 11 is 1.70. The third kappa shape index (κ3) is 4.51. The summed E-state index contributed by atoms with van der Waals surface area (Å²) in [5, 5.41) is 7.92. The summed E-state index contributed by atoms with van der Waals surface area (Å²) < 4.78 is 11.8. The van der Waals surface area contributed by atoms with Gasteiger partial charge in [0.1, 0.15) is 12.2 Å². The highest BCUT2D eigenvalue weighted by molar-refractivity contribution is 7.09. The van der Waals surface area contributed by atoms with Gasteiger partial charge in [-0.3, -0.25) is 0 Å². The van der Waals surface area contributed by atoms with Gasteiger partial charge in [0.25, 0.3) is 0 Å². The highest BCUT2D eigenvalue weighted by Crippen LogP contribution is 2.30. The molecule has 2 aliphatic rings. The Labute approximate surface area is 163 Å². The van der Waals surface area contributed by atoms with Gasteiger partial charge in [-0.15, -0.1) is 11.3 Å². The van der Waals surface area contributed by atoms with Gasteiger partial charge in [-0.25, -0.2) is 4.79 Å². The molecule has 27 heavy (non-hydrogen) atoms. The molecule has 0 bridgehead atoms. The van der Waals surface area contributed by atoms with Crippen molar-refractivity contribution in [2.75, 3.05) is 19.8 Å². The van der Waals surface area contributed by atoms with E-state index in [0.717, 1.165) is 12.0 Å². The zero-order chi connectivity index (χ0) is 18.5. The molecule has 0 aliphatic carbocycles. The fourth-order valence-electron chi connectivity index (χ4n) is 3.42. The number of carbonyl (C=O) groups is 1. The number of fused-ring (bicyclic) bond motifs is 1. The van der Waals surface area contributed by atoms with E-state index >= 15 is 0 Å². The maximum atomic E-state index is 12.2. The van der Waals surface area contributed by atoms with E-state index in [2.05, 4.69) is 28.5 Å². The van der Waals surface area contributed by atoms with Gasteiger partial charge in [0.2, 0.25) is 0 Å². The Morgan fingerprint density at radius 2 is 1.96 bits per heavy atom. The molecule has 6 heteroatoms. The number of nitrogens with one attached hydrogen (secondary N) is 2. The quantitative estimate of drug-likeness (QED) is 0.799. The standard InChI is InChI=1S/C21H22N2O3S/c24-21(22-11-10-17-7-4-12-27-17)23-18-14-26-19-16(13-25-20(18)19)9-8-15-5-2-1-3-6-15/h1-7,12,16,18-20H,10-11,13-14H2,(H2,22,23,24)/t16-,18-,19+,20+/m0/s1. The molecular weight excluding hydrogens is 360 g/mol. The van der Waals surface area contributed by atoms with Crippen LogP contribution in [-0.4, -0.2) is 44.0 Å². The van der Waals surface area contributed by atoms with E-state index in [1.54, 1.807) is 11.3 Å². The highest BCUT2D eigenvalue weighted by Gasteiger charge is 2.47. The van der Waals surface area contributed by atoms with E-state index in [4.69, 9.17) is 9.47 Å². The van der Waals surface area contributed by atoms with Crippen molar-refractivity contribution in [2.24, 2.45) is 5.92 Å². The zero-order valence-corrected chi connectivity index (χ0v) is 15.7. The molecule has 0 saturated carbocycles. The lowest BCUT2D eigenvalue weighted by Crippen LogP contribution is -2.48. The van der Waals surface area contributed by atoms with E-state index in [1.807, 2.05) is 41.8 Å². The van der Waals surface area contributed by atoms with Crippen molar-refractivity contribution in [1.29, 1.82) is 0 Å². The lowest BCUT2D eigenvalue weighted by molar-refractivity contribution is 0.0665. The summed E-state index contributed by atoms with van der Waals surface area (Å²) in [6, 6.07) is 13.7. The topological polar surface area (TPSA) is 59.6 Å². The molecule has 2 N–H and O–H groups in total. The zero-order valence-electron chi connectivity index (χ0n) is 14.9. The van der Waals surface area contributed by atoms with Crippen molar-refractivity contribution in [1.82, 2.24) is 10.6 Å². The number of ether oxygens (including phenoxy) is 2. The van der Waals surface area contributed by atoms with Gasteiger partial charge in [-0.05, 0) is 30.0 Å². The van der Waals surface area contributed by atoms with Crippen LogP contribution in [0.5, 0.6) is 0 Å². The largest absolute Gasteiger partial charge is 0.372 e. The monoisotopic (exact) mass is 382 g/mol. The fourth-order valence-corrected chi connectivity index (χ4v) is 4.13. The molecule has 4 rings (SSSR count). The molecule has 2 saturated heterocycles. The van der Waals surface area contributed by atoms with Crippen LogP contribution in [0.25, 0.3) is 0 Å². The summed E-state index contributed by atoms with van der Waals surface area (Å²) in [4.78, 5) is 13.4. The van der Waals surface area contributed by atoms with Crippen LogP contribution in [0.4, 0.5) is 4.79 Å². The van der Waals surface area contributed by atoms with Crippen molar-refractivity contribution in [3.05, 3.63) is 58.3 Å². The third-order valence-corrected chi connectivity index (χ3v) is 5.72. The summed E-state index contributed by atoms with van der Waals surface area (Å²) in [7, 11) is 0. The predicted molar refractivity (Wildman–Crippen MR) is 105 cm³/mol. The average Bonchev–Trinajstić information content (AvgIpc) is 3.41. The highest BCUT2D eigenvalue weighted by atomic mass is 32.1. The number of amides is 2. The Bertz CT molecular complexity index is 813.